The molecule has 0 radical (unpaired) electrons. The van der Waals surface area contributed by atoms with Crippen molar-refractivity contribution in [1.29, 1.82) is 0 Å². The van der Waals surface area contributed by atoms with Gasteiger partial charge in [-0.1, -0.05) is 52.9 Å². The SMILES string of the molecule is CCCCCCCC(C)(C)C(C(=O)[O-])C(=O)[O-].[K+].[Na+]. The van der Waals surface area contributed by atoms with Gasteiger partial charge in [0.25, 0.3) is 0 Å². The van der Waals surface area contributed by atoms with Crippen LogP contribution in [0.25, 0.3) is 0 Å². The second-order valence-electron chi connectivity index (χ2n) is 5.22. The van der Waals surface area contributed by atoms with E-state index in [1.165, 1.54) is 0 Å². The third-order valence-electron chi connectivity index (χ3n) is 3.18. The average Bonchev–Trinajstić information content (AvgIpc) is 2.15. The van der Waals surface area contributed by atoms with E-state index < -0.39 is 23.3 Å². The van der Waals surface area contributed by atoms with Crippen LogP contribution in [0.1, 0.15) is 59.3 Å². The van der Waals surface area contributed by atoms with Crippen molar-refractivity contribution < 1.29 is 101 Å². The van der Waals surface area contributed by atoms with Crippen molar-refractivity contribution in [3.63, 3.8) is 0 Å². The molecular weight excluding hydrogens is 282 g/mol. The molecule has 0 bridgehead atoms. The summed E-state index contributed by atoms with van der Waals surface area (Å²) in [5.74, 6) is -4.64. The molecule has 0 saturated carbocycles. The van der Waals surface area contributed by atoms with Crippen LogP contribution >= 0.6 is 0 Å². The molecule has 0 saturated heterocycles. The maximum atomic E-state index is 10.8. The first-order valence-electron chi connectivity index (χ1n) is 6.24. The van der Waals surface area contributed by atoms with E-state index in [1.54, 1.807) is 13.8 Å². The summed E-state index contributed by atoms with van der Waals surface area (Å²) in [4.78, 5) is 21.6. The van der Waals surface area contributed by atoms with Crippen molar-refractivity contribution in [3.05, 3.63) is 0 Å². The molecule has 0 N–H and O–H groups in total. The van der Waals surface area contributed by atoms with Gasteiger partial charge in [-0.05, 0) is 11.8 Å². The number of unbranched alkanes of at least 4 members (excludes halogenated alkanes) is 4. The molecule has 0 aromatic heterocycles. The molecule has 0 aromatic carbocycles. The van der Waals surface area contributed by atoms with Crippen molar-refractivity contribution >= 4 is 11.9 Å². The van der Waals surface area contributed by atoms with E-state index in [0.717, 1.165) is 32.1 Å². The van der Waals surface area contributed by atoms with Gasteiger partial charge in [-0.25, -0.2) is 0 Å². The van der Waals surface area contributed by atoms with Gasteiger partial charge in [0.2, 0.25) is 0 Å². The Morgan fingerprint density at radius 3 is 1.79 bits per heavy atom. The maximum Gasteiger partial charge on any atom is 1.00 e. The van der Waals surface area contributed by atoms with Crippen LogP contribution in [0.4, 0.5) is 0 Å². The van der Waals surface area contributed by atoms with Crippen LogP contribution in [0.15, 0.2) is 0 Å². The van der Waals surface area contributed by atoms with Gasteiger partial charge in [0.05, 0.1) is 11.9 Å². The number of hydrogen-bond acceptors (Lipinski definition) is 4. The predicted octanol–water partition coefficient (Wildman–Crippen LogP) is -5.50. The Hall–Kier alpha value is 1.58. The molecule has 0 aliphatic carbocycles. The number of carboxylic acid groups (broad SMARTS) is 2. The molecule has 100 valence electrons. The zero-order valence-corrected chi connectivity index (χ0v) is 18.1. The minimum Gasteiger partial charge on any atom is -0.549 e. The number of aliphatic carboxylic acids is 2. The van der Waals surface area contributed by atoms with Crippen LogP contribution in [-0.4, -0.2) is 11.9 Å². The van der Waals surface area contributed by atoms with E-state index in [2.05, 4.69) is 6.92 Å². The second-order valence-corrected chi connectivity index (χ2v) is 5.22. The summed E-state index contributed by atoms with van der Waals surface area (Å²) in [7, 11) is 0. The van der Waals surface area contributed by atoms with Gasteiger partial charge >= 0.3 is 80.9 Å². The number of carbonyl (C=O) groups excluding carboxylic acids is 2. The quantitative estimate of drug-likeness (QED) is 0.242. The number of carboxylic acids is 2. The van der Waals surface area contributed by atoms with E-state index in [-0.39, 0.29) is 80.9 Å². The van der Waals surface area contributed by atoms with Crippen molar-refractivity contribution in [2.75, 3.05) is 0 Å². The van der Waals surface area contributed by atoms with E-state index in [4.69, 9.17) is 0 Å². The summed E-state index contributed by atoms with van der Waals surface area (Å²) in [6.45, 7) is 5.40. The fourth-order valence-corrected chi connectivity index (χ4v) is 2.06. The Bertz CT molecular complexity index is 255. The normalized spacial score (nSPS) is 10.5. The van der Waals surface area contributed by atoms with Gasteiger partial charge in [0, 0.05) is 5.92 Å². The van der Waals surface area contributed by atoms with Crippen LogP contribution in [0.2, 0.25) is 0 Å². The molecule has 4 nitrogen and oxygen atoms in total. The summed E-state index contributed by atoms with van der Waals surface area (Å²) in [5, 5.41) is 21.6. The van der Waals surface area contributed by atoms with Crippen LogP contribution in [0.5, 0.6) is 0 Å². The molecule has 0 aliphatic rings. The fourth-order valence-electron chi connectivity index (χ4n) is 2.06. The van der Waals surface area contributed by atoms with Crippen LogP contribution in [0, 0.1) is 11.3 Å². The summed E-state index contributed by atoms with van der Waals surface area (Å²) in [5.41, 5.74) is -0.816. The van der Waals surface area contributed by atoms with Gasteiger partial charge in [-0.2, -0.15) is 0 Å². The summed E-state index contributed by atoms with van der Waals surface area (Å²) >= 11 is 0. The monoisotopic (exact) mass is 304 g/mol. The molecule has 0 fully saturated rings. The van der Waals surface area contributed by atoms with Gasteiger partial charge < -0.3 is 19.8 Å². The first-order chi connectivity index (χ1) is 7.83. The summed E-state index contributed by atoms with van der Waals surface area (Å²) in [6, 6.07) is 0. The van der Waals surface area contributed by atoms with E-state index in [9.17, 15) is 19.8 Å². The standard InChI is InChI=1S/C13H24O4.K.Na/c1-4-5-6-7-8-9-13(2,3)10(11(14)15)12(16)17;;/h10H,4-9H2,1-3H3,(H,14,15)(H,16,17);;/q;2*+1/p-2. The molecule has 0 spiro atoms. The third kappa shape index (κ3) is 10.9. The van der Waals surface area contributed by atoms with Crippen molar-refractivity contribution in [3.8, 4) is 0 Å². The smallest absolute Gasteiger partial charge is 0.549 e. The zero-order valence-electron chi connectivity index (χ0n) is 13.0. The number of carbonyl (C=O) groups is 2. The van der Waals surface area contributed by atoms with Crippen LogP contribution in [0.3, 0.4) is 0 Å². The van der Waals surface area contributed by atoms with Gasteiger partial charge in [-0.15, -0.1) is 0 Å². The third-order valence-corrected chi connectivity index (χ3v) is 3.18. The Kier molecular flexibility index (Phi) is 17.8. The molecule has 0 rings (SSSR count). The largest absolute Gasteiger partial charge is 1.00 e. The molecule has 0 aliphatic heterocycles. The minimum atomic E-state index is -1.55. The summed E-state index contributed by atoms with van der Waals surface area (Å²) in [6.07, 6.45) is 5.81. The van der Waals surface area contributed by atoms with Crippen LogP contribution in [-0.2, 0) is 9.59 Å². The van der Waals surface area contributed by atoms with Crippen molar-refractivity contribution in [2.24, 2.45) is 11.3 Å². The Morgan fingerprint density at radius 2 is 1.42 bits per heavy atom. The van der Waals surface area contributed by atoms with Gasteiger partial charge in [0.1, 0.15) is 0 Å². The van der Waals surface area contributed by atoms with Gasteiger partial charge in [0.15, 0.2) is 0 Å². The fraction of sp³-hybridized carbons (Fsp3) is 0.846. The van der Waals surface area contributed by atoms with E-state index in [1.807, 2.05) is 0 Å². The topological polar surface area (TPSA) is 80.3 Å². The first-order valence-corrected chi connectivity index (χ1v) is 6.24. The molecule has 19 heavy (non-hydrogen) atoms. The number of rotatable bonds is 9. The predicted molar refractivity (Wildman–Crippen MR) is 60.7 cm³/mol. The molecule has 0 aromatic rings. The van der Waals surface area contributed by atoms with Crippen LogP contribution < -0.4 is 91.2 Å². The molecule has 0 heterocycles. The molecule has 0 amide bonds. The van der Waals surface area contributed by atoms with Crippen molar-refractivity contribution in [2.45, 2.75) is 59.3 Å². The minimum absolute atomic E-state index is 0. The molecule has 0 atom stereocenters. The molecule has 6 heteroatoms. The molecule has 0 unspecified atom stereocenters. The Labute approximate surface area is 180 Å². The summed E-state index contributed by atoms with van der Waals surface area (Å²) < 4.78 is 0. The Balaban J connectivity index is -0.00000128. The Morgan fingerprint density at radius 1 is 1.00 bits per heavy atom. The zero-order chi connectivity index (χ0) is 13.5. The first kappa shape index (κ1) is 25.5. The van der Waals surface area contributed by atoms with Gasteiger partial charge in [-0.3, -0.25) is 0 Å². The average molecular weight is 304 g/mol. The number of hydrogen-bond donors (Lipinski definition) is 0. The van der Waals surface area contributed by atoms with Crippen molar-refractivity contribution in [1.82, 2.24) is 0 Å². The van der Waals surface area contributed by atoms with E-state index in [0.29, 0.717) is 6.42 Å². The molecular formula is C13H22KNaO4. The van der Waals surface area contributed by atoms with E-state index >= 15 is 0 Å². The second kappa shape index (κ2) is 13.3. The maximum absolute atomic E-state index is 10.8.